The molecule has 0 spiro atoms. The number of thiophene rings is 1. The molecule has 2 heterocycles. The summed E-state index contributed by atoms with van der Waals surface area (Å²) in [6, 6.07) is 8.60. The van der Waals surface area contributed by atoms with Gasteiger partial charge in [0.15, 0.2) is 5.82 Å². The Morgan fingerprint density at radius 2 is 1.95 bits per heavy atom. The highest BCUT2D eigenvalue weighted by atomic mass is 35.5. The van der Waals surface area contributed by atoms with E-state index in [9.17, 15) is 9.90 Å². The highest BCUT2D eigenvalue weighted by molar-refractivity contribution is 7.13. The molecule has 0 unspecified atom stereocenters. The van der Waals surface area contributed by atoms with Gasteiger partial charge in [-0.1, -0.05) is 23.7 Å². The summed E-state index contributed by atoms with van der Waals surface area (Å²) in [5.41, 5.74) is 1.33. The highest BCUT2D eigenvalue weighted by Crippen LogP contribution is 2.30. The molecule has 2 aromatic heterocycles. The second-order valence-corrected chi connectivity index (χ2v) is 5.91. The first-order valence-corrected chi connectivity index (χ1v) is 7.45. The Morgan fingerprint density at radius 1 is 1.24 bits per heavy atom. The molecule has 3 rings (SSSR count). The number of aromatic amines is 1. The molecule has 0 amide bonds. The summed E-state index contributed by atoms with van der Waals surface area (Å²) in [6.45, 7) is 1.93. The van der Waals surface area contributed by atoms with E-state index in [1.54, 1.807) is 24.3 Å². The van der Waals surface area contributed by atoms with Gasteiger partial charge >= 0.3 is 0 Å². The van der Waals surface area contributed by atoms with Crippen molar-refractivity contribution in [2.75, 3.05) is 0 Å². The number of H-pyrrole nitrogens is 1. The fraction of sp³-hybridized carbons (Fsp3) is 0.0667. The van der Waals surface area contributed by atoms with Crippen molar-refractivity contribution in [2.24, 2.45) is 0 Å². The maximum atomic E-state index is 12.3. The van der Waals surface area contributed by atoms with E-state index in [0.717, 1.165) is 10.4 Å². The minimum atomic E-state index is -0.382. The van der Waals surface area contributed by atoms with Gasteiger partial charge in [-0.05, 0) is 41.6 Å². The predicted molar refractivity (Wildman–Crippen MR) is 85.0 cm³/mol. The molecular formula is C15H11ClN2O2S. The third kappa shape index (κ3) is 2.57. The highest BCUT2D eigenvalue weighted by Gasteiger charge is 2.15. The number of aromatic hydroxyl groups is 1. The topological polar surface area (TPSA) is 66.0 Å². The van der Waals surface area contributed by atoms with Crippen LogP contribution in [-0.2, 0) is 0 Å². The molecule has 0 aliphatic heterocycles. The summed E-state index contributed by atoms with van der Waals surface area (Å²) in [6.07, 6.45) is 0. The Hall–Kier alpha value is -2.11. The predicted octanol–water partition coefficient (Wildman–Crippen LogP) is 3.83. The number of hydrogen-bond acceptors (Lipinski definition) is 4. The number of benzene rings is 1. The van der Waals surface area contributed by atoms with Gasteiger partial charge in [-0.25, -0.2) is 0 Å². The van der Waals surface area contributed by atoms with Crippen molar-refractivity contribution in [3.63, 3.8) is 0 Å². The Bertz CT molecular complexity index is 853. The average Bonchev–Trinajstić information content (AvgIpc) is 2.86. The van der Waals surface area contributed by atoms with E-state index in [2.05, 4.69) is 9.97 Å². The third-order valence-corrected chi connectivity index (χ3v) is 4.39. The summed E-state index contributed by atoms with van der Waals surface area (Å²) in [5.74, 6) is 0.0894. The van der Waals surface area contributed by atoms with Crippen molar-refractivity contribution < 1.29 is 5.11 Å². The lowest BCUT2D eigenvalue weighted by Gasteiger charge is -2.06. The Kier molecular flexibility index (Phi) is 3.53. The van der Waals surface area contributed by atoms with Crippen LogP contribution in [0, 0.1) is 6.92 Å². The maximum Gasteiger partial charge on any atom is 0.262 e. The number of hydrogen-bond donors (Lipinski definition) is 2. The van der Waals surface area contributed by atoms with Crippen molar-refractivity contribution >= 4 is 22.9 Å². The number of rotatable bonds is 2. The van der Waals surface area contributed by atoms with Crippen LogP contribution in [0.5, 0.6) is 5.88 Å². The second-order valence-electron chi connectivity index (χ2n) is 4.55. The lowest BCUT2D eigenvalue weighted by Crippen LogP contribution is -2.12. The second kappa shape index (κ2) is 5.35. The number of aryl methyl sites for hydroxylation is 1. The minimum Gasteiger partial charge on any atom is -0.493 e. The van der Waals surface area contributed by atoms with Gasteiger partial charge < -0.3 is 10.1 Å². The van der Waals surface area contributed by atoms with Gasteiger partial charge in [0.25, 0.3) is 5.56 Å². The average molecular weight is 319 g/mol. The van der Waals surface area contributed by atoms with E-state index < -0.39 is 0 Å². The van der Waals surface area contributed by atoms with Crippen LogP contribution < -0.4 is 5.56 Å². The van der Waals surface area contributed by atoms with Crippen LogP contribution in [0.15, 0.2) is 40.5 Å². The SMILES string of the molecule is Cc1ccsc1-c1nc(O)c(-c2ccc(Cl)cc2)c(=O)[nH]1. The van der Waals surface area contributed by atoms with Crippen molar-refractivity contribution in [1.82, 2.24) is 9.97 Å². The number of halogens is 1. The molecule has 0 aliphatic rings. The van der Waals surface area contributed by atoms with Gasteiger partial charge in [0.2, 0.25) is 5.88 Å². The number of nitrogens with one attached hydrogen (secondary N) is 1. The van der Waals surface area contributed by atoms with Gasteiger partial charge in [-0.3, -0.25) is 4.79 Å². The van der Waals surface area contributed by atoms with E-state index in [4.69, 9.17) is 11.6 Å². The smallest absolute Gasteiger partial charge is 0.262 e. The summed E-state index contributed by atoms with van der Waals surface area (Å²) in [7, 11) is 0. The van der Waals surface area contributed by atoms with E-state index in [-0.39, 0.29) is 17.0 Å². The summed E-state index contributed by atoms with van der Waals surface area (Å²) >= 11 is 7.29. The molecule has 2 N–H and O–H groups in total. The summed E-state index contributed by atoms with van der Waals surface area (Å²) in [4.78, 5) is 19.9. The molecule has 0 saturated carbocycles. The standard InChI is InChI=1S/C15H11ClN2O2S/c1-8-6-7-21-12(8)13-17-14(19)11(15(20)18-13)9-2-4-10(16)5-3-9/h2-7H,1H3,(H2,17,18,19,20). The minimum absolute atomic E-state index is 0.143. The Balaban J connectivity index is 2.15. The van der Waals surface area contributed by atoms with E-state index in [1.807, 2.05) is 18.4 Å². The Labute approximate surface area is 129 Å². The molecule has 1 aromatic carbocycles. The molecule has 0 bridgehead atoms. The zero-order chi connectivity index (χ0) is 15.0. The molecule has 4 nitrogen and oxygen atoms in total. The molecule has 0 radical (unpaired) electrons. The third-order valence-electron chi connectivity index (χ3n) is 3.11. The van der Waals surface area contributed by atoms with E-state index in [1.165, 1.54) is 11.3 Å². The maximum absolute atomic E-state index is 12.3. The van der Waals surface area contributed by atoms with Crippen LogP contribution in [0.2, 0.25) is 5.02 Å². The summed E-state index contributed by atoms with van der Waals surface area (Å²) < 4.78 is 0. The summed E-state index contributed by atoms with van der Waals surface area (Å²) in [5, 5.41) is 12.6. The monoisotopic (exact) mass is 318 g/mol. The van der Waals surface area contributed by atoms with Crippen LogP contribution in [0.3, 0.4) is 0 Å². The van der Waals surface area contributed by atoms with Crippen molar-refractivity contribution in [2.45, 2.75) is 6.92 Å². The first kappa shape index (κ1) is 13.9. The van der Waals surface area contributed by atoms with Gasteiger partial charge in [0.1, 0.15) is 5.56 Å². The molecule has 3 aromatic rings. The largest absolute Gasteiger partial charge is 0.493 e. The fourth-order valence-corrected chi connectivity index (χ4v) is 3.06. The van der Waals surface area contributed by atoms with Gasteiger partial charge in [-0.15, -0.1) is 11.3 Å². The number of aromatic nitrogens is 2. The van der Waals surface area contributed by atoms with E-state index in [0.29, 0.717) is 16.4 Å². The van der Waals surface area contributed by atoms with Crippen LogP contribution in [0.25, 0.3) is 21.8 Å². The van der Waals surface area contributed by atoms with Crippen molar-refractivity contribution in [3.8, 4) is 27.7 Å². The Morgan fingerprint density at radius 3 is 2.52 bits per heavy atom. The van der Waals surface area contributed by atoms with Crippen LogP contribution in [-0.4, -0.2) is 15.1 Å². The van der Waals surface area contributed by atoms with Crippen LogP contribution >= 0.6 is 22.9 Å². The van der Waals surface area contributed by atoms with Crippen molar-refractivity contribution in [3.05, 3.63) is 56.7 Å². The zero-order valence-electron chi connectivity index (χ0n) is 11.1. The fourth-order valence-electron chi connectivity index (χ4n) is 2.06. The molecule has 0 aliphatic carbocycles. The van der Waals surface area contributed by atoms with Gasteiger partial charge in [-0.2, -0.15) is 4.98 Å². The first-order chi connectivity index (χ1) is 10.1. The number of nitrogens with zero attached hydrogens (tertiary/aromatic N) is 1. The molecule has 21 heavy (non-hydrogen) atoms. The van der Waals surface area contributed by atoms with Crippen molar-refractivity contribution in [1.29, 1.82) is 0 Å². The zero-order valence-corrected chi connectivity index (χ0v) is 12.6. The molecule has 0 atom stereocenters. The molecular weight excluding hydrogens is 308 g/mol. The molecule has 6 heteroatoms. The lowest BCUT2D eigenvalue weighted by molar-refractivity contribution is 0.454. The molecule has 0 saturated heterocycles. The van der Waals surface area contributed by atoms with E-state index >= 15 is 0 Å². The normalized spacial score (nSPS) is 10.8. The van der Waals surface area contributed by atoms with Gasteiger partial charge in [0.05, 0.1) is 4.88 Å². The first-order valence-electron chi connectivity index (χ1n) is 6.20. The van der Waals surface area contributed by atoms with Crippen LogP contribution in [0.4, 0.5) is 0 Å². The van der Waals surface area contributed by atoms with Gasteiger partial charge in [0, 0.05) is 5.02 Å². The van der Waals surface area contributed by atoms with Crippen LogP contribution in [0.1, 0.15) is 5.56 Å². The molecule has 106 valence electrons. The quantitative estimate of drug-likeness (QED) is 0.754. The lowest BCUT2D eigenvalue weighted by atomic mass is 10.1. The molecule has 0 fully saturated rings.